The highest BCUT2D eigenvalue weighted by molar-refractivity contribution is 7.92. The van der Waals surface area contributed by atoms with Crippen LogP contribution in [0.1, 0.15) is 24.2 Å². The molecule has 0 unspecified atom stereocenters. The molecule has 0 spiro atoms. The van der Waals surface area contributed by atoms with E-state index >= 15 is 0 Å². The summed E-state index contributed by atoms with van der Waals surface area (Å²) < 4.78 is 30.5. The summed E-state index contributed by atoms with van der Waals surface area (Å²) in [7, 11) is -3.40. The highest BCUT2D eigenvalue weighted by Gasteiger charge is 2.20. The van der Waals surface area contributed by atoms with Gasteiger partial charge < -0.3 is 4.42 Å². The monoisotopic (exact) mass is 445 g/mol. The van der Waals surface area contributed by atoms with Crippen molar-refractivity contribution in [3.05, 3.63) is 44.6 Å². The van der Waals surface area contributed by atoms with Crippen LogP contribution < -0.4 is 5.32 Å². The molecule has 2 aromatic heterocycles. The van der Waals surface area contributed by atoms with Crippen molar-refractivity contribution in [1.29, 1.82) is 0 Å². The van der Waals surface area contributed by atoms with E-state index in [0.717, 1.165) is 11.3 Å². The molecule has 3 rings (SSSR count). The summed E-state index contributed by atoms with van der Waals surface area (Å²) in [5.74, 6) is -0.398. The van der Waals surface area contributed by atoms with Gasteiger partial charge in [0.15, 0.2) is 9.84 Å². The zero-order valence-corrected chi connectivity index (χ0v) is 17.2. The number of halogens is 2. The van der Waals surface area contributed by atoms with E-state index in [1.807, 2.05) is 0 Å². The van der Waals surface area contributed by atoms with Crippen LogP contribution in [0.5, 0.6) is 0 Å². The van der Waals surface area contributed by atoms with Gasteiger partial charge in [0.25, 0.3) is 11.8 Å². The van der Waals surface area contributed by atoms with Crippen LogP contribution in [0, 0.1) is 0 Å². The summed E-state index contributed by atoms with van der Waals surface area (Å²) in [6.45, 7) is 3.19. The predicted octanol–water partition coefficient (Wildman–Crippen LogP) is 4.54. The number of aromatic nitrogens is 2. The molecule has 3 aromatic rings. The van der Waals surface area contributed by atoms with Gasteiger partial charge in [0, 0.05) is 5.56 Å². The molecule has 11 heteroatoms. The van der Waals surface area contributed by atoms with Gasteiger partial charge in [0.2, 0.25) is 0 Å². The lowest BCUT2D eigenvalue weighted by Crippen LogP contribution is -2.15. The number of amides is 1. The molecule has 142 valence electrons. The zero-order valence-electron chi connectivity index (χ0n) is 14.1. The molecule has 1 aromatic carbocycles. The number of nitrogens with one attached hydrogen (secondary N) is 1. The van der Waals surface area contributed by atoms with E-state index in [0.29, 0.717) is 14.2 Å². The molecule has 0 aliphatic heterocycles. The molecule has 0 saturated carbocycles. The highest BCUT2D eigenvalue weighted by atomic mass is 35.5. The Morgan fingerprint density at radius 2 is 1.85 bits per heavy atom. The van der Waals surface area contributed by atoms with Crippen LogP contribution in [-0.4, -0.2) is 29.8 Å². The van der Waals surface area contributed by atoms with E-state index in [9.17, 15) is 13.2 Å². The number of hydrogen-bond donors (Lipinski definition) is 1. The summed E-state index contributed by atoms with van der Waals surface area (Å²) in [6, 6.07) is 7.07. The first-order valence-corrected chi connectivity index (χ1v) is 10.7. The Labute approximate surface area is 169 Å². The van der Waals surface area contributed by atoms with Crippen LogP contribution in [-0.2, 0) is 9.84 Å². The van der Waals surface area contributed by atoms with Crippen LogP contribution in [0.2, 0.25) is 8.67 Å². The van der Waals surface area contributed by atoms with Crippen molar-refractivity contribution in [1.82, 2.24) is 10.2 Å². The first-order valence-electron chi connectivity index (χ1n) is 7.62. The number of benzene rings is 1. The van der Waals surface area contributed by atoms with Gasteiger partial charge in [-0.15, -0.1) is 16.4 Å². The average Bonchev–Trinajstić information content (AvgIpc) is 3.20. The number of rotatable bonds is 5. The number of carbonyl (C=O) groups excluding carboxylic acids is 1. The molecule has 0 bridgehead atoms. The van der Waals surface area contributed by atoms with Crippen LogP contribution in [0.25, 0.3) is 11.5 Å². The molecule has 2 heterocycles. The number of carbonyl (C=O) groups is 1. The third-order valence-corrected chi connectivity index (χ3v) is 7.26. The number of nitrogens with zero attached hydrogens (tertiary/aromatic N) is 2. The molecule has 1 N–H and O–H groups in total. The Morgan fingerprint density at radius 1 is 1.19 bits per heavy atom. The summed E-state index contributed by atoms with van der Waals surface area (Å²) in [5.41, 5.74) is 0.719. The van der Waals surface area contributed by atoms with Crippen molar-refractivity contribution in [2.75, 3.05) is 5.32 Å². The largest absolute Gasteiger partial charge is 0.403 e. The first kappa shape index (κ1) is 19.8. The normalized spacial score (nSPS) is 11.7. The first-order chi connectivity index (χ1) is 12.7. The number of hydrogen-bond acceptors (Lipinski definition) is 7. The lowest BCUT2D eigenvalue weighted by atomic mass is 10.2. The summed E-state index contributed by atoms with van der Waals surface area (Å²) in [5, 5.41) is 9.48. The van der Waals surface area contributed by atoms with Gasteiger partial charge in [-0.25, -0.2) is 8.42 Å². The van der Waals surface area contributed by atoms with Gasteiger partial charge >= 0.3 is 6.01 Å². The molecular formula is C16H13Cl2N3O4S2. The standard InChI is InChI=1S/C16H13Cl2N3O4S2/c1-8(2)27(23,24)10-5-3-9(4-6-10)14(22)19-16-21-20-15(25-16)11-7-12(17)26-13(11)18/h3-8H,1-2H3,(H,19,21,22). The molecule has 0 fully saturated rings. The van der Waals surface area contributed by atoms with Crippen molar-refractivity contribution in [2.45, 2.75) is 24.0 Å². The summed E-state index contributed by atoms with van der Waals surface area (Å²) in [6.07, 6.45) is 0. The molecule has 7 nitrogen and oxygen atoms in total. The lowest BCUT2D eigenvalue weighted by molar-refractivity contribution is 0.102. The molecule has 27 heavy (non-hydrogen) atoms. The van der Waals surface area contributed by atoms with Crippen LogP contribution in [0.15, 0.2) is 39.6 Å². The third-order valence-electron chi connectivity index (χ3n) is 3.60. The maximum atomic E-state index is 12.3. The Morgan fingerprint density at radius 3 is 2.41 bits per heavy atom. The fourth-order valence-electron chi connectivity index (χ4n) is 2.11. The molecule has 0 aliphatic carbocycles. The average molecular weight is 446 g/mol. The zero-order chi connectivity index (χ0) is 19.8. The Bertz CT molecular complexity index is 1090. The van der Waals surface area contributed by atoms with Gasteiger partial charge in [-0.2, -0.15) is 0 Å². The van der Waals surface area contributed by atoms with E-state index in [1.54, 1.807) is 19.9 Å². The van der Waals surface area contributed by atoms with Gasteiger partial charge in [-0.3, -0.25) is 10.1 Å². The van der Waals surface area contributed by atoms with Crippen LogP contribution >= 0.6 is 34.5 Å². The van der Waals surface area contributed by atoms with Gasteiger partial charge in [0.05, 0.1) is 20.0 Å². The second-order valence-corrected chi connectivity index (χ2v) is 10.5. The van der Waals surface area contributed by atoms with Gasteiger partial charge in [-0.05, 0) is 44.2 Å². The smallest absolute Gasteiger partial charge is 0.322 e. The number of sulfone groups is 1. The SMILES string of the molecule is CC(C)S(=O)(=O)c1ccc(C(=O)Nc2nnc(-c3cc(Cl)sc3Cl)o2)cc1. The lowest BCUT2D eigenvalue weighted by Gasteiger charge is -2.08. The van der Waals surface area contributed by atoms with E-state index in [-0.39, 0.29) is 22.4 Å². The second kappa shape index (κ2) is 7.59. The van der Waals surface area contributed by atoms with Crippen LogP contribution in [0.3, 0.4) is 0 Å². The minimum Gasteiger partial charge on any atom is -0.403 e. The molecule has 0 radical (unpaired) electrons. The minimum absolute atomic E-state index is 0.118. The Balaban J connectivity index is 1.76. The highest BCUT2D eigenvalue weighted by Crippen LogP contribution is 2.37. The molecule has 1 amide bonds. The van der Waals surface area contributed by atoms with Crippen molar-refractivity contribution >= 4 is 56.3 Å². The van der Waals surface area contributed by atoms with Crippen LogP contribution in [0.4, 0.5) is 6.01 Å². The van der Waals surface area contributed by atoms with Gasteiger partial charge in [-0.1, -0.05) is 28.3 Å². The van der Waals surface area contributed by atoms with Gasteiger partial charge in [0.1, 0.15) is 4.34 Å². The van der Waals surface area contributed by atoms with Crippen molar-refractivity contribution in [3.63, 3.8) is 0 Å². The molecule has 0 atom stereocenters. The van der Waals surface area contributed by atoms with Crippen molar-refractivity contribution < 1.29 is 17.6 Å². The number of anilines is 1. The summed E-state index contributed by atoms with van der Waals surface area (Å²) >= 11 is 13.1. The second-order valence-electron chi connectivity index (χ2n) is 5.72. The topological polar surface area (TPSA) is 102 Å². The fourth-order valence-corrected chi connectivity index (χ4v) is 4.61. The summed E-state index contributed by atoms with van der Waals surface area (Å²) in [4.78, 5) is 12.4. The van der Waals surface area contributed by atoms with E-state index in [2.05, 4.69) is 15.5 Å². The Hall–Kier alpha value is -1.94. The van der Waals surface area contributed by atoms with Crippen molar-refractivity contribution in [2.24, 2.45) is 0 Å². The molecule has 0 aliphatic rings. The van der Waals surface area contributed by atoms with E-state index in [4.69, 9.17) is 27.6 Å². The van der Waals surface area contributed by atoms with Crippen molar-refractivity contribution in [3.8, 4) is 11.5 Å². The minimum atomic E-state index is -3.40. The third kappa shape index (κ3) is 4.16. The predicted molar refractivity (Wildman–Crippen MR) is 104 cm³/mol. The number of thiophene rings is 1. The Kier molecular flexibility index (Phi) is 5.57. The maximum absolute atomic E-state index is 12.3. The quantitative estimate of drug-likeness (QED) is 0.618. The van der Waals surface area contributed by atoms with E-state index in [1.165, 1.54) is 24.3 Å². The maximum Gasteiger partial charge on any atom is 0.322 e. The molecular weight excluding hydrogens is 433 g/mol. The molecule has 0 saturated heterocycles. The van der Waals surface area contributed by atoms with E-state index < -0.39 is 21.0 Å². The fraction of sp³-hybridized carbons (Fsp3) is 0.188.